The minimum atomic E-state index is -0.872. The number of benzene rings is 1. The maximum atomic E-state index is 13.4. The highest BCUT2D eigenvalue weighted by atomic mass is 35.5. The monoisotopic (exact) mass is 243 g/mol. The van der Waals surface area contributed by atoms with E-state index in [-0.39, 0.29) is 16.5 Å². The van der Waals surface area contributed by atoms with E-state index in [1.807, 2.05) is 0 Å². The quantitative estimate of drug-likeness (QED) is 0.879. The second kappa shape index (κ2) is 4.23. The van der Waals surface area contributed by atoms with Gasteiger partial charge >= 0.3 is 0 Å². The Labute approximate surface area is 95.6 Å². The Balaban J connectivity index is 2.40. The lowest BCUT2D eigenvalue weighted by Crippen LogP contribution is -2.13. The molecule has 2 rings (SSSR count). The molecular formula is C11H8ClF2NO. The van der Waals surface area contributed by atoms with Crippen LogP contribution in [0, 0.1) is 11.6 Å². The third-order valence-corrected chi connectivity index (χ3v) is 2.40. The van der Waals surface area contributed by atoms with Crippen LogP contribution in [0.25, 0.3) is 0 Å². The lowest BCUT2D eigenvalue weighted by molar-refractivity contribution is 0.480. The summed E-state index contributed by atoms with van der Waals surface area (Å²) in [6, 6.07) is 5.24. The average Bonchev–Trinajstić information content (AvgIpc) is 2.67. The Bertz CT molecular complexity index is 512. The maximum absolute atomic E-state index is 13.4. The maximum Gasteiger partial charge on any atom is 0.193 e. The van der Waals surface area contributed by atoms with E-state index in [0.717, 1.165) is 18.2 Å². The zero-order valence-electron chi connectivity index (χ0n) is 8.08. The molecule has 0 aliphatic rings. The minimum absolute atomic E-state index is 0.0333. The van der Waals surface area contributed by atoms with E-state index >= 15 is 0 Å². The number of halogens is 3. The molecule has 2 N–H and O–H groups in total. The fraction of sp³-hybridized carbons (Fsp3) is 0.0909. The van der Waals surface area contributed by atoms with Crippen molar-refractivity contribution in [1.29, 1.82) is 0 Å². The zero-order valence-corrected chi connectivity index (χ0v) is 8.84. The highest BCUT2D eigenvalue weighted by Crippen LogP contribution is 2.26. The van der Waals surface area contributed by atoms with Crippen molar-refractivity contribution in [2.75, 3.05) is 0 Å². The third kappa shape index (κ3) is 2.08. The largest absolute Gasteiger partial charge is 0.448 e. The SMILES string of the molecule is NC(c1ccc(Cl)o1)c1cc(F)ccc1F. The van der Waals surface area contributed by atoms with Gasteiger partial charge in [-0.05, 0) is 41.9 Å². The Hall–Kier alpha value is -1.39. The van der Waals surface area contributed by atoms with Crippen LogP contribution in [-0.2, 0) is 0 Å². The standard InChI is InChI=1S/C11H8ClF2NO/c12-10-4-3-9(16-10)11(15)7-5-6(13)1-2-8(7)14/h1-5,11H,15H2. The normalized spacial score (nSPS) is 12.8. The summed E-state index contributed by atoms with van der Waals surface area (Å²) in [4.78, 5) is 0. The van der Waals surface area contributed by atoms with Crippen molar-refractivity contribution in [2.45, 2.75) is 6.04 Å². The number of furan rings is 1. The van der Waals surface area contributed by atoms with Crippen LogP contribution in [-0.4, -0.2) is 0 Å². The van der Waals surface area contributed by atoms with E-state index in [4.69, 9.17) is 21.8 Å². The molecule has 0 aliphatic heterocycles. The molecule has 0 radical (unpaired) electrons. The van der Waals surface area contributed by atoms with Gasteiger partial charge in [-0.1, -0.05) is 0 Å². The summed E-state index contributed by atoms with van der Waals surface area (Å²) in [6.07, 6.45) is 0. The first kappa shape index (κ1) is 11.1. The van der Waals surface area contributed by atoms with E-state index in [1.54, 1.807) is 0 Å². The summed E-state index contributed by atoms with van der Waals surface area (Å²) >= 11 is 5.57. The molecular weight excluding hydrogens is 236 g/mol. The molecule has 2 aromatic rings. The summed E-state index contributed by atoms with van der Waals surface area (Å²) in [5, 5.41) is 0.155. The predicted octanol–water partition coefficient (Wildman–Crippen LogP) is 3.26. The Morgan fingerprint density at radius 3 is 2.56 bits per heavy atom. The highest BCUT2D eigenvalue weighted by molar-refractivity contribution is 6.28. The Kier molecular flexibility index (Phi) is 2.94. The summed E-state index contributed by atoms with van der Waals surface area (Å²) in [6.45, 7) is 0. The molecule has 0 saturated carbocycles. The van der Waals surface area contributed by atoms with Crippen molar-refractivity contribution >= 4 is 11.6 Å². The number of nitrogens with two attached hydrogens (primary N) is 1. The molecule has 0 amide bonds. The lowest BCUT2D eigenvalue weighted by atomic mass is 10.0. The summed E-state index contributed by atoms with van der Waals surface area (Å²) in [5.41, 5.74) is 5.77. The molecule has 0 fully saturated rings. The van der Waals surface area contributed by atoms with E-state index < -0.39 is 17.7 Å². The summed E-state index contributed by atoms with van der Waals surface area (Å²) < 4.78 is 31.4. The fourth-order valence-corrected chi connectivity index (χ4v) is 1.55. The fourth-order valence-electron chi connectivity index (χ4n) is 1.40. The van der Waals surface area contributed by atoms with Gasteiger partial charge in [0.15, 0.2) is 5.22 Å². The van der Waals surface area contributed by atoms with Gasteiger partial charge in [-0.15, -0.1) is 0 Å². The van der Waals surface area contributed by atoms with Crippen molar-refractivity contribution in [2.24, 2.45) is 5.73 Å². The van der Waals surface area contributed by atoms with Crippen LogP contribution in [0.4, 0.5) is 8.78 Å². The highest BCUT2D eigenvalue weighted by Gasteiger charge is 2.17. The van der Waals surface area contributed by atoms with Crippen molar-refractivity contribution in [3.8, 4) is 0 Å². The second-order valence-corrected chi connectivity index (χ2v) is 3.66. The predicted molar refractivity (Wildman–Crippen MR) is 56.1 cm³/mol. The third-order valence-electron chi connectivity index (χ3n) is 2.19. The molecule has 84 valence electrons. The number of hydrogen-bond acceptors (Lipinski definition) is 2. The van der Waals surface area contributed by atoms with E-state index in [0.29, 0.717) is 0 Å². The lowest BCUT2D eigenvalue weighted by Gasteiger charge is -2.10. The van der Waals surface area contributed by atoms with Crippen LogP contribution in [0.3, 0.4) is 0 Å². The number of hydrogen-bond donors (Lipinski definition) is 1. The first-order valence-corrected chi connectivity index (χ1v) is 4.91. The first-order chi connectivity index (χ1) is 7.58. The van der Waals surface area contributed by atoms with Crippen molar-refractivity contribution in [3.63, 3.8) is 0 Å². The minimum Gasteiger partial charge on any atom is -0.448 e. The smallest absolute Gasteiger partial charge is 0.193 e. The molecule has 1 unspecified atom stereocenters. The molecule has 0 aliphatic carbocycles. The van der Waals surface area contributed by atoms with Gasteiger partial charge in [0.1, 0.15) is 17.4 Å². The van der Waals surface area contributed by atoms with E-state index in [9.17, 15) is 8.78 Å². The van der Waals surface area contributed by atoms with Crippen LogP contribution in [0.2, 0.25) is 5.22 Å². The Morgan fingerprint density at radius 2 is 1.94 bits per heavy atom. The molecule has 0 spiro atoms. The first-order valence-electron chi connectivity index (χ1n) is 4.53. The van der Waals surface area contributed by atoms with Crippen LogP contribution < -0.4 is 5.73 Å². The van der Waals surface area contributed by atoms with Crippen molar-refractivity contribution in [1.82, 2.24) is 0 Å². The molecule has 1 aromatic heterocycles. The van der Waals surface area contributed by atoms with E-state index in [1.165, 1.54) is 12.1 Å². The van der Waals surface area contributed by atoms with Crippen LogP contribution in [0.15, 0.2) is 34.7 Å². The van der Waals surface area contributed by atoms with Crippen molar-refractivity contribution in [3.05, 3.63) is 58.5 Å². The molecule has 0 bridgehead atoms. The van der Waals surface area contributed by atoms with E-state index in [2.05, 4.69) is 0 Å². The van der Waals surface area contributed by atoms with Gasteiger partial charge in [-0.2, -0.15) is 0 Å². The van der Waals surface area contributed by atoms with Gasteiger partial charge in [-0.3, -0.25) is 0 Å². The van der Waals surface area contributed by atoms with Gasteiger partial charge in [0.05, 0.1) is 6.04 Å². The van der Waals surface area contributed by atoms with Gasteiger partial charge in [0.25, 0.3) is 0 Å². The zero-order chi connectivity index (χ0) is 11.7. The van der Waals surface area contributed by atoms with Gasteiger partial charge in [-0.25, -0.2) is 8.78 Å². The molecule has 0 saturated heterocycles. The van der Waals surface area contributed by atoms with Gasteiger partial charge < -0.3 is 10.2 Å². The van der Waals surface area contributed by atoms with Crippen molar-refractivity contribution < 1.29 is 13.2 Å². The van der Waals surface area contributed by atoms with Crippen LogP contribution >= 0.6 is 11.6 Å². The number of rotatable bonds is 2. The molecule has 1 aromatic carbocycles. The van der Waals surface area contributed by atoms with Crippen LogP contribution in [0.5, 0.6) is 0 Å². The second-order valence-electron chi connectivity index (χ2n) is 3.29. The van der Waals surface area contributed by atoms with Gasteiger partial charge in [0.2, 0.25) is 0 Å². The average molecular weight is 244 g/mol. The topological polar surface area (TPSA) is 39.2 Å². The Morgan fingerprint density at radius 1 is 1.19 bits per heavy atom. The summed E-state index contributed by atoms with van der Waals surface area (Å²) in [7, 11) is 0. The van der Waals surface area contributed by atoms with Crippen LogP contribution in [0.1, 0.15) is 17.4 Å². The molecule has 1 heterocycles. The molecule has 2 nitrogen and oxygen atoms in total. The summed E-state index contributed by atoms with van der Waals surface area (Å²) in [5.74, 6) is -0.847. The molecule has 5 heteroatoms. The molecule has 1 atom stereocenters. The van der Waals surface area contributed by atoms with Gasteiger partial charge in [0, 0.05) is 5.56 Å². The molecule has 16 heavy (non-hydrogen) atoms.